The minimum atomic E-state index is -3.89. The lowest BCUT2D eigenvalue weighted by molar-refractivity contribution is -0.125. The van der Waals surface area contributed by atoms with Crippen molar-refractivity contribution in [3.63, 3.8) is 0 Å². The lowest BCUT2D eigenvalue weighted by Crippen LogP contribution is -2.24. The average molecular weight is 215 g/mol. The summed E-state index contributed by atoms with van der Waals surface area (Å²) in [5.74, 6) is -0.579. The number of carbonyl (C=O) groups is 1. The van der Waals surface area contributed by atoms with Gasteiger partial charge in [-0.15, -0.1) is 4.28 Å². The number of nitrogens with one attached hydrogen (secondary N) is 1. The van der Waals surface area contributed by atoms with Crippen molar-refractivity contribution in [1.29, 1.82) is 0 Å². The molecule has 0 spiro atoms. The van der Waals surface area contributed by atoms with Crippen LogP contribution >= 0.6 is 0 Å². The molecule has 14 heavy (non-hydrogen) atoms. The number of hydrogen-bond acceptors (Lipinski definition) is 4. The van der Waals surface area contributed by atoms with E-state index in [4.69, 9.17) is 0 Å². The molecule has 1 amide bonds. The van der Waals surface area contributed by atoms with Gasteiger partial charge in [0.05, 0.1) is 4.90 Å². The second kappa shape index (κ2) is 4.21. The third-order valence-corrected chi connectivity index (χ3v) is 2.48. The van der Waals surface area contributed by atoms with Gasteiger partial charge in [0.1, 0.15) is 0 Å². The van der Waals surface area contributed by atoms with Crippen LogP contribution in [0.4, 0.5) is 0 Å². The highest BCUT2D eigenvalue weighted by atomic mass is 32.2. The Morgan fingerprint density at radius 3 is 2.36 bits per heavy atom. The van der Waals surface area contributed by atoms with Crippen LogP contribution in [0.2, 0.25) is 0 Å². The van der Waals surface area contributed by atoms with Crippen LogP contribution in [0, 0.1) is 0 Å². The van der Waals surface area contributed by atoms with Crippen LogP contribution in [0.1, 0.15) is 6.92 Å². The molecule has 0 saturated carbocycles. The van der Waals surface area contributed by atoms with E-state index in [-0.39, 0.29) is 4.90 Å². The molecule has 0 saturated heterocycles. The monoisotopic (exact) mass is 215 g/mol. The number of benzene rings is 1. The summed E-state index contributed by atoms with van der Waals surface area (Å²) in [6, 6.07) is 7.54. The molecule has 6 heteroatoms. The van der Waals surface area contributed by atoms with Gasteiger partial charge in [-0.05, 0) is 12.1 Å². The van der Waals surface area contributed by atoms with E-state index in [2.05, 4.69) is 4.28 Å². The van der Waals surface area contributed by atoms with E-state index in [1.54, 1.807) is 23.7 Å². The first-order valence-electron chi connectivity index (χ1n) is 3.77. The molecule has 0 aliphatic carbocycles. The molecular weight excluding hydrogens is 206 g/mol. The van der Waals surface area contributed by atoms with E-state index < -0.39 is 16.0 Å². The molecule has 0 heterocycles. The molecule has 76 valence electrons. The molecule has 0 aromatic heterocycles. The molecule has 1 aromatic carbocycles. The fourth-order valence-corrected chi connectivity index (χ4v) is 1.56. The van der Waals surface area contributed by atoms with Gasteiger partial charge in [0.2, 0.25) is 5.91 Å². The average Bonchev–Trinajstić information content (AvgIpc) is 2.16. The largest absolute Gasteiger partial charge is 0.317 e. The molecule has 0 aliphatic heterocycles. The van der Waals surface area contributed by atoms with Crippen LogP contribution in [0.25, 0.3) is 0 Å². The molecule has 0 fully saturated rings. The molecule has 5 nitrogen and oxygen atoms in total. The van der Waals surface area contributed by atoms with Gasteiger partial charge in [0.25, 0.3) is 0 Å². The molecule has 0 atom stereocenters. The van der Waals surface area contributed by atoms with Crippen LogP contribution in [-0.2, 0) is 19.2 Å². The van der Waals surface area contributed by atoms with Gasteiger partial charge in [-0.2, -0.15) is 8.42 Å². The molecule has 0 aliphatic rings. The Kier molecular flexibility index (Phi) is 3.21. The standard InChI is InChI=1S/C8H9NO4S/c1-7(10)9-13-14(11,12)8-5-3-2-4-6-8/h2-6H,1H3,(H,9,10). The van der Waals surface area contributed by atoms with Gasteiger partial charge in [-0.25, -0.2) is 5.48 Å². The van der Waals surface area contributed by atoms with E-state index in [0.717, 1.165) is 6.92 Å². The molecule has 1 rings (SSSR count). The number of carbonyl (C=O) groups excluding carboxylic acids is 1. The summed E-state index contributed by atoms with van der Waals surface area (Å²) in [5, 5.41) is 0. The quantitative estimate of drug-likeness (QED) is 0.743. The maximum absolute atomic E-state index is 11.3. The van der Waals surface area contributed by atoms with Gasteiger partial charge in [-0.3, -0.25) is 4.79 Å². The Bertz CT molecular complexity index is 412. The molecule has 0 bridgehead atoms. The van der Waals surface area contributed by atoms with Crippen molar-refractivity contribution in [3.05, 3.63) is 30.3 Å². The lowest BCUT2D eigenvalue weighted by Gasteiger charge is -2.03. The zero-order valence-corrected chi connectivity index (χ0v) is 8.24. The number of amides is 1. The van der Waals surface area contributed by atoms with E-state index in [1.165, 1.54) is 12.1 Å². The highest BCUT2D eigenvalue weighted by molar-refractivity contribution is 7.86. The first kappa shape index (κ1) is 10.7. The second-order valence-electron chi connectivity index (χ2n) is 2.51. The maximum atomic E-state index is 11.3. The van der Waals surface area contributed by atoms with Crippen LogP contribution in [0.5, 0.6) is 0 Å². The zero-order valence-electron chi connectivity index (χ0n) is 7.43. The second-order valence-corrected chi connectivity index (χ2v) is 4.06. The fraction of sp³-hybridized carbons (Fsp3) is 0.125. The van der Waals surface area contributed by atoms with Crippen LogP contribution in [0.15, 0.2) is 35.2 Å². The van der Waals surface area contributed by atoms with E-state index in [0.29, 0.717) is 0 Å². The summed E-state index contributed by atoms with van der Waals surface area (Å²) in [7, 11) is -3.89. The molecular formula is C8H9NO4S. The first-order chi connectivity index (χ1) is 6.52. The minimum Gasteiger partial charge on any atom is -0.273 e. The summed E-state index contributed by atoms with van der Waals surface area (Å²) < 4.78 is 26.8. The van der Waals surface area contributed by atoms with Crippen molar-refractivity contribution < 1.29 is 17.5 Å². The minimum absolute atomic E-state index is 0.00579. The van der Waals surface area contributed by atoms with Crippen molar-refractivity contribution in [2.75, 3.05) is 0 Å². The normalized spacial score (nSPS) is 10.9. The van der Waals surface area contributed by atoms with Crippen LogP contribution in [-0.4, -0.2) is 14.3 Å². The first-order valence-corrected chi connectivity index (χ1v) is 5.18. The van der Waals surface area contributed by atoms with Gasteiger partial charge < -0.3 is 0 Å². The Labute approximate surface area is 81.8 Å². The van der Waals surface area contributed by atoms with Gasteiger partial charge in [-0.1, -0.05) is 18.2 Å². The van der Waals surface area contributed by atoms with Crippen LogP contribution < -0.4 is 5.48 Å². The van der Waals surface area contributed by atoms with Gasteiger partial charge in [0, 0.05) is 6.92 Å². The van der Waals surface area contributed by atoms with Crippen molar-refractivity contribution in [2.45, 2.75) is 11.8 Å². The highest BCUT2D eigenvalue weighted by Gasteiger charge is 2.14. The molecule has 0 radical (unpaired) electrons. The zero-order chi connectivity index (χ0) is 10.6. The summed E-state index contributed by atoms with van der Waals surface area (Å²) in [6.07, 6.45) is 0. The number of hydrogen-bond donors (Lipinski definition) is 1. The smallest absolute Gasteiger partial charge is 0.273 e. The summed E-state index contributed by atoms with van der Waals surface area (Å²) in [4.78, 5) is 10.4. The Morgan fingerprint density at radius 1 is 1.29 bits per heavy atom. The predicted molar refractivity (Wildman–Crippen MR) is 48.5 cm³/mol. The van der Waals surface area contributed by atoms with Gasteiger partial charge >= 0.3 is 10.1 Å². The topological polar surface area (TPSA) is 72.5 Å². The summed E-state index contributed by atoms with van der Waals surface area (Å²) in [6.45, 7) is 1.15. The maximum Gasteiger partial charge on any atom is 0.317 e. The van der Waals surface area contributed by atoms with Gasteiger partial charge in [0.15, 0.2) is 0 Å². The highest BCUT2D eigenvalue weighted by Crippen LogP contribution is 2.09. The van der Waals surface area contributed by atoms with Crippen molar-refractivity contribution >= 4 is 16.0 Å². The summed E-state index contributed by atoms with van der Waals surface area (Å²) >= 11 is 0. The van der Waals surface area contributed by atoms with Crippen LogP contribution in [0.3, 0.4) is 0 Å². The Hall–Kier alpha value is -1.40. The Balaban J connectivity index is 2.82. The third-order valence-electron chi connectivity index (χ3n) is 1.33. The fourth-order valence-electron chi connectivity index (χ4n) is 0.749. The Morgan fingerprint density at radius 2 is 1.86 bits per heavy atom. The van der Waals surface area contributed by atoms with Crippen molar-refractivity contribution in [1.82, 2.24) is 5.48 Å². The summed E-state index contributed by atoms with van der Waals surface area (Å²) in [5.41, 5.74) is 1.76. The van der Waals surface area contributed by atoms with E-state index >= 15 is 0 Å². The molecule has 1 aromatic rings. The third kappa shape index (κ3) is 2.82. The van der Waals surface area contributed by atoms with Crippen molar-refractivity contribution in [2.24, 2.45) is 0 Å². The number of rotatable bonds is 3. The molecule has 0 unspecified atom stereocenters. The molecule has 1 N–H and O–H groups in total. The van der Waals surface area contributed by atoms with Crippen molar-refractivity contribution in [3.8, 4) is 0 Å². The predicted octanol–water partition coefficient (Wildman–Crippen LogP) is 0.443. The van der Waals surface area contributed by atoms with E-state index in [1.807, 2.05) is 0 Å². The van der Waals surface area contributed by atoms with E-state index in [9.17, 15) is 13.2 Å². The lowest BCUT2D eigenvalue weighted by atomic mass is 10.4. The number of hydroxylamine groups is 1. The SMILES string of the molecule is CC(=O)NOS(=O)(=O)c1ccccc1.